The van der Waals surface area contributed by atoms with E-state index in [1.54, 1.807) is 12.3 Å². The zero-order chi connectivity index (χ0) is 15.7. The molecule has 2 aromatic rings. The lowest BCUT2D eigenvalue weighted by Gasteiger charge is -2.30. The highest BCUT2D eigenvalue weighted by molar-refractivity contribution is 5.94. The second-order valence-electron chi connectivity index (χ2n) is 5.88. The fraction of sp³-hybridized carbons (Fsp3) is 0.438. The van der Waals surface area contributed by atoms with Crippen molar-refractivity contribution in [3.63, 3.8) is 0 Å². The van der Waals surface area contributed by atoms with Crippen LogP contribution in [0, 0.1) is 6.92 Å². The molecule has 22 heavy (non-hydrogen) atoms. The summed E-state index contributed by atoms with van der Waals surface area (Å²) in [5.74, 6) is -0.353. The number of hydrogen-bond acceptors (Lipinski definition) is 4. The summed E-state index contributed by atoms with van der Waals surface area (Å²) in [5.41, 5.74) is 1.24. The third-order valence-corrected chi connectivity index (χ3v) is 4.17. The molecule has 1 fully saturated rings. The van der Waals surface area contributed by atoms with Crippen LogP contribution in [-0.4, -0.2) is 33.9 Å². The first kappa shape index (κ1) is 14.7. The van der Waals surface area contributed by atoms with Crippen molar-refractivity contribution >= 4 is 11.6 Å². The van der Waals surface area contributed by atoms with Gasteiger partial charge in [-0.25, -0.2) is 4.98 Å². The second kappa shape index (κ2) is 5.88. The van der Waals surface area contributed by atoms with Crippen LogP contribution in [0.2, 0.25) is 0 Å². The van der Waals surface area contributed by atoms with E-state index in [1.165, 1.54) is 10.6 Å². The number of piperidine rings is 1. The molecule has 3 rings (SSSR count). The van der Waals surface area contributed by atoms with Gasteiger partial charge in [-0.05, 0) is 44.9 Å². The van der Waals surface area contributed by atoms with E-state index in [0.29, 0.717) is 5.65 Å². The van der Waals surface area contributed by atoms with Gasteiger partial charge in [0.2, 0.25) is 0 Å². The van der Waals surface area contributed by atoms with Gasteiger partial charge in [-0.3, -0.25) is 14.0 Å². The number of amides is 1. The third kappa shape index (κ3) is 2.74. The first-order valence-electron chi connectivity index (χ1n) is 7.58. The van der Waals surface area contributed by atoms with Gasteiger partial charge in [0.05, 0.1) is 0 Å². The Kier molecular flexibility index (Phi) is 3.94. The van der Waals surface area contributed by atoms with E-state index in [0.717, 1.165) is 24.9 Å². The maximum absolute atomic E-state index is 12.5. The summed E-state index contributed by atoms with van der Waals surface area (Å²) in [7, 11) is 0. The first-order valence-corrected chi connectivity index (χ1v) is 7.58. The van der Waals surface area contributed by atoms with E-state index in [4.69, 9.17) is 0 Å². The molecule has 2 unspecified atom stereocenters. The van der Waals surface area contributed by atoms with Crippen molar-refractivity contribution in [1.29, 1.82) is 0 Å². The average molecular weight is 300 g/mol. The fourth-order valence-electron chi connectivity index (χ4n) is 2.83. The highest BCUT2D eigenvalue weighted by Gasteiger charge is 2.24. The van der Waals surface area contributed by atoms with Gasteiger partial charge < -0.3 is 10.6 Å². The molecule has 0 saturated carbocycles. The zero-order valence-electron chi connectivity index (χ0n) is 12.8. The van der Waals surface area contributed by atoms with Crippen molar-refractivity contribution in [1.82, 2.24) is 20.0 Å². The van der Waals surface area contributed by atoms with Crippen LogP contribution in [-0.2, 0) is 0 Å². The minimum absolute atomic E-state index is 0.0406. The summed E-state index contributed by atoms with van der Waals surface area (Å²) in [6.45, 7) is 4.90. The predicted molar refractivity (Wildman–Crippen MR) is 84.2 cm³/mol. The Morgan fingerprint density at radius 2 is 2.27 bits per heavy atom. The fourth-order valence-corrected chi connectivity index (χ4v) is 2.83. The van der Waals surface area contributed by atoms with Gasteiger partial charge in [-0.2, -0.15) is 0 Å². The smallest absolute Gasteiger partial charge is 0.270 e. The minimum Gasteiger partial charge on any atom is -0.348 e. The highest BCUT2D eigenvalue weighted by atomic mass is 16.2. The molecule has 1 aliphatic rings. The number of nitrogens with zero attached hydrogens (tertiary/aromatic N) is 2. The Morgan fingerprint density at radius 1 is 1.45 bits per heavy atom. The Balaban J connectivity index is 1.91. The molecule has 116 valence electrons. The van der Waals surface area contributed by atoms with Crippen LogP contribution in [0.3, 0.4) is 0 Å². The quantitative estimate of drug-likeness (QED) is 0.863. The van der Waals surface area contributed by atoms with Crippen LogP contribution < -0.4 is 16.2 Å². The van der Waals surface area contributed by atoms with Gasteiger partial charge >= 0.3 is 0 Å². The normalized spacial score (nSPS) is 21.7. The second-order valence-corrected chi connectivity index (χ2v) is 5.88. The van der Waals surface area contributed by atoms with Crippen molar-refractivity contribution in [3.8, 4) is 0 Å². The maximum atomic E-state index is 12.5. The standard InChI is InChI=1S/C16H20N4O2/c1-10-5-6-14-18-8-12(16(22)20(14)9-10)15(21)19-13-4-3-7-17-11(13)2/h5-6,8-9,11,13,17H,3-4,7H2,1-2H3,(H,19,21). The summed E-state index contributed by atoms with van der Waals surface area (Å²) in [6, 6.07) is 3.90. The molecule has 0 aromatic carbocycles. The molecule has 1 amide bonds. The van der Waals surface area contributed by atoms with E-state index in [2.05, 4.69) is 15.6 Å². The number of hydrogen-bond donors (Lipinski definition) is 2. The number of aryl methyl sites for hydroxylation is 1. The molecule has 0 radical (unpaired) electrons. The number of nitrogens with one attached hydrogen (secondary N) is 2. The lowest BCUT2D eigenvalue weighted by Crippen LogP contribution is -2.52. The summed E-state index contributed by atoms with van der Waals surface area (Å²) in [5, 5.41) is 6.28. The molecule has 2 N–H and O–H groups in total. The van der Waals surface area contributed by atoms with E-state index in [9.17, 15) is 9.59 Å². The van der Waals surface area contributed by atoms with Gasteiger partial charge in [-0.15, -0.1) is 0 Å². The Hall–Kier alpha value is -2.21. The SMILES string of the molecule is Cc1ccc2ncc(C(=O)NC3CCCNC3C)c(=O)n2c1. The number of rotatable bonds is 2. The molecule has 6 nitrogen and oxygen atoms in total. The molecule has 2 atom stereocenters. The van der Waals surface area contributed by atoms with Gasteiger partial charge in [0.1, 0.15) is 11.2 Å². The molecule has 0 bridgehead atoms. The summed E-state index contributed by atoms with van der Waals surface area (Å²) in [4.78, 5) is 29.1. The molecule has 0 spiro atoms. The molecule has 1 saturated heterocycles. The van der Waals surface area contributed by atoms with Crippen LogP contribution in [0.15, 0.2) is 29.3 Å². The Morgan fingerprint density at radius 3 is 3.05 bits per heavy atom. The average Bonchev–Trinajstić information content (AvgIpc) is 2.50. The predicted octanol–water partition coefficient (Wildman–Crippen LogP) is 0.873. The largest absolute Gasteiger partial charge is 0.348 e. The lowest BCUT2D eigenvalue weighted by molar-refractivity contribution is 0.0917. The summed E-state index contributed by atoms with van der Waals surface area (Å²) in [6.07, 6.45) is 5.00. The van der Waals surface area contributed by atoms with E-state index >= 15 is 0 Å². The molecule has 0 aliphatic carbocycles. The van der Waals surface area contributed by atoms with E-state index in [1.807, 2.05) is 19.9 Å². The molecule has 1 aliphatic heterocycles. The lowest BCUT2D eigenvalue weighted by atomic mass is 9.99. The Labute approximate surface area is 128 Å². The number of carbonyl (C=O) groups is 1. The highest BCUT2D eigenvalue weighted by Crippen LogP contribution is 2.09. The van der Waals surface area contributed by atoms with Crippen LogP contribution in [0.5, 0.6) is 0 Å². The molecular formula is C16H20N4O2. The first-order chi connectivity index (χ1) is 10.6. The topological polar surface area (TPSA) is 75.5 Å². The number of carbonyl (C=O) groups excluding carboxylic acids is 1. The van der Waals surface area contributed by atoms with Crippen molar-refractivity contribution in [2.75, 3.05) is 6.54 Å². The summed E-state index contributed by atoms with van der Waals surface area (Å²) >= 11 is 0. The van der Waals surface area contributed by atoms with Crippen molar-refractivity contribution < 1.29 is 4.79 Å². The van der Waals surface area contributed by atoms with Crippen LogP contribution in [0.1, 0.15) is 35.7 Å². The van der Waals surface area contributed by atoms with Gasteiger partial charge in [0.15, 0.2) is 0 Å². The molecule has 6 heteroatoms. The van der Waals surface area contributed by atoms with E-state index in [-0.39, 0.29) is 29.1 Å². The van der Waals surface area contributed by atoms with Crippen molar-refractivity contribution in [2.45, 2.75) is 38.8 Å². The molecular weight excluding hydrogens is 280 g/mol. The van der Waals surface area contributed by atoms with Gasteiger partial charge in [0.25, 0.3) is 11.5 Å². The number of fused-ring (bicyclic) bond motifs is 1. The molecule has 2 aromatic heterocycles. The zero-order valence-corrected chi connectivity index (χ0v) is 12.8. The van der Waals surface area contributed by atoms with E-state index < -0.39 is 0 Å². The minimum atomic E-state index is -0.353. The summed E-state index contributed by atoms with van der Waals surface area (Å²) < 4.78 is 1.42. The maximum Gasteiger partial charge on any atom is 0.270 e. The third-order valence-electron chi connectivity index (χ3n) is 4.17. The van der Waals surface area contributed by atoms with Gasteiger partial charge in [-0.1, -0.05) is 6.07 Å². The molecule has 3 heterocycles. The van der Waals surface area contributed by atoms with Crippen molar-refractivity contribution in [2.24, 2.45) is 0 Å². The number of pyridine rings is 1. The van der Waals surface area contributed by atoms with Crippen molar-refractivity contribution in [3.05, 3.63) is 46.0 Å². The van der Waals surface area contributed by atoms with Gasteiger partial charge in [0, 0.05) is 24.5 Å². The van der Waals surface area contributed by atoms with Crippen LogP contribution in [0.25, 0.3) is 5.65 Å². The monoisotopic (exact) mass is 300 g/mol. The number of aromatic nitrogens is 2. The van der Waals surface area contributed by atoms with Crippen LogP contribution in [0.4, 0.5) is 0 Å². The Bertz CT molecular complexity index is 768. The van der Waals surface area contributed by atoms with Crippen LogP contribution >= 0.6 is 0 Å².